The molecule has 0 saturated carbocycles. The smallest absolute Gasteiger partial charge is 0.226 e. The van der Waals surface area contributed by atoms with Crippen LogP contribution in [0.1, 0.15) is 28.3 Å². The van der Waals surface area contributed by atoms with Gasteiger partial charge in [-0.05, 0) is 23.1 Å². The molecule has 140 valence electrons. The van der Waals surface area contributed by atoms with Crippen LogP contribution < -0.4 is 14.8 Å². The van der Waals surface area contributed by atoms with E-state index in [9.17, 15) is 9.18 Å². The lowest BCUT2D eigenvalue weighted by molar-refractivity contribution is -0.116. The van der Waals surface area contributed by atoms with E-state index in [0.29, 0.717) is 29.4 Å². The summed E-state index contributed by atoms with van der Waals surface area (Å²) in [5, 5.41) is 9.29. The molecule has 3 heterocycles. The third-order valence-electron chi connectivity index (χ3n) is 4.65. The maximum atomic E-state index is 14.8. The summed E-state index contributed by atoms with van der Waals surface area (Å²) in [5.74, 6) is 0.295. The Hall–Kier alpha value is -2.87. The molecule has 0 aliphatic carbocycles. The summed E-state index contributed by atoms with van der Waals surface area (Å²) in [5.41, 5.74) is 1.18. The quantitative estimate of drug-likeness (QED) is 0.726. The van der Waals surface area contributed by atoms with Gasteiger partial charge in [-0.25, -0.2) is 9.07 Å². The zero-order valence-electron chi connectivity index (χ0n) is 14.9. The topological polar surface area (TPSA) is 65.4 Å². The Morgan fingerprint density at radius 2 is 2.07 bits per heavy atom. The molecule has 1 N–H and O–H groups in total. The fourth-order valence-corrected chi connectivity index (χ4v) is 4.04. The van der Waals surface area contributed by atoms with Gasteiger partial charge in [0, 0.05) is 28.8 Å². The number of carbonyl (C=O) groups excluding carboxylic acids is 1. The van der Waals surface area contributed by atoms with Crippen molar-refractivity contribution >= 4 is 23.1 Å². The first-order chi connectivity index (χ1) is 13.1. The number of benzene rings is 1. The third-order valence-corrected chi connectivity index (χ3v) is 5.52. The van der Waals surface area contributed by atoms with Gasteiger partial charge in [0.05, 0.1) is 27.0 Å². The first kappa shape index (κ1) is 17.5. The van der Waals surface area contributed by atoms with Crippen LogP contribution in [0.25, 0.3) is 0 Å². The third kappa shape index (κ3) is 3.16. The lowest BCUT2D eigenvalue weighted by Crippen LogP contribution is -2.25. The van der Waals surface area contributed by atoms with Gasteiger partial charge in [0.15, 0.2) is 11.5 Å². The van der Waals surface area contributed by atoms with Crippen LogP contribution in [0.2, 0.25) is 0 Å². The van der Waals surface area contributed by atoms with Gasteiger partial charge in [-0.15, -0.1) is 11.3 Å². The second-order valence-corrected chi connectivity index (χ2v) is 7.25. The van der Waals surface area contributed by atoms with Crippen molar-refractivity contribution in [1.29, 1.82) is 0 Å². The Kier molecular flexibility index (Phi) is 4.57. The first-order valence-corrected chi connectivity index (χ1v) is 9.28. The second kappa shape index (κ2) is 7.03. The van der Waals surface area contributed by atoms with E-state index in [-0.39, 0.29) is 12.3 Å². The highest BCUT2D eigenvalue weighted by Gasteiger charge is 2.32. The van der Waals surface area contributed by atoms with Crippen molar-refractivity contribution in [1.82, 2.24) is 9.78 Å². The molecule has 1 amide bonds. The Morgan fingerprint density at radius 1 is 1.30 bits per heavy atom. The molecule has 8 heteroatoms. The number of nitrogens with zero attached hydrogens (tertiary/aromatic N) is 2. The SMILES string of the molecule is COc1cc(F)c([C@H]2CC(=O)Nc3c2cnn3Cc2cccs2)cc1OC. The van der Waals surface area contributed by atoms with Gasteiger partial charge < -0.3 is 14.8 Å². The van der Waals surface area contributed by atoms with Crippen LogP contribution in [-0.2, 0) is 11.3 Å². The average molecular weight is 387 g/mol. The number of aromatic nitrogens is 2. The Balaban J connectivity index is 1.76. The summed E-state index contributed by atoms with van der Waals surface area (Å²) in [6.07, 6.45) is 1.84. The molecule has 1 aliphatic rings. The molecule has 0 radical (unpaired) electrons. The summed E-state index contributed by atoms with van der Waals surface area (Å²) in [6, 6.07) is 6.86. The summed E-state index contributed by atoms with van der Waals surface area (Å²) < 4.78 is 27.0. The van der Waals surface area contributed by atoms with E-state index in [4.69, 9.17) is 9.47 Å². The Morgan fingerprint density at radius 3 is 2.78 bits per heavy atom. The van der Waals surface area contributed by atoms with Gasteiger partial charge in [0.2, 0.25) is 5.91 Å². The van der Waals surface area contributed by atoms with Crippen molar-refractivity contribution < 1.29 is 18.7 Å². The number of fused-ring (bicyclic) bond motifs is 1. The number of ether oxygens (including phenoxy) is 2. The van der Waals surface area contributed by atoms with E-state index in [1.54, 1.807) is 28.3 Å². The molecule has 4 rings (SSSR count). The molecule has 1 aliphatic heterocycles. The summed E-state index contributed by atoms with van der Waals surface area (Å²) >= 11 is 1.62. The van der Waals surface area contributed by atoms with Crippen molar-refractivity contribution in [2.24, 2.45) is 0 Å². The maximum Gasteiger partial charge on any atom is 0.226 e. The van der Waals surface area contributed by atoms with Gasteiger partial charge in [-0.1, -0.05) is 6.07 Å². The van der Waals surface area contributed by atoms with E-state index in [2.05, 4.69) is 10.4 Å². The Bertz CT molecular complexity index is 985. The number of methoxy groups -OCH3 is 2. The number of hydrogen-bond donors (Lipinski definition) is 1. The van der Waals surface area contributed by atoms with Gasteiger partial charge >= 0.3 is 0 Å². The van der Waals surface area contributed by atoms with E-state index in [1.165, 1.54) is 20.3 Å². The molecule has 0 fully saturated rings. The van der Waals surface area contributed by atoms with Crippen molar-refractivity contribution in [2.45, 2.75) is 18.9 Å². The van der Waals surface area contributed by atoms with Crippen molar-refractivity contribution in [3.8, 4) is 11.5 Å². The molecule has 0 unspecified atom stereocenters. The number of halogens is 1. The zero-order chi connectivity index (χ0) is 19.0. The second-order valence-electron chi connectivity index (χ2n) is 6.22. The monoisotopic (exact) mass is 387 g/mol. The molecular formula is C19H18FN3O3S. The number of hydrogen-bond acceptors (Lipinski definition) is 5. The molecule has 1 atom stereocenters. The molecule has 1 aromatic carbocycles. The normalized spacial score (nSPS) is 16.0. The Labute approximate surface area is 159 Å². The number of anilines is 1. The van der Waals surface area contributed by atoms with Crippen LogP contribution in [-0.4, -0.2) is 29.9 Å². The minimum Gasteiger partial charge on any atom is -0.493 e. The van der Waals surface area contributed by atoms with Gasteiger partial charge in [0.25, 0.3) is 0 Å². The standard InChI is InChI=1S/C19H18FN3O3S/c1-25-16-6-13(15(20)8-17(16)26-2)12-7-18(24)22-19-14(12)9-21-23(19)10-11-4-3-5-27-11/h3-6,8-9,12H,7,10H2,1-2H3,(H,22,24)/t12-/m1/s1. The van der Waals surface area contributed by atoms with E-state index < -0.39 is 11.7 Å². The zero-order valence-corrected chi connectivity index (χ0v) is 15.7. The van der Waals surface area contributed by atoms with Crippen LogP contribution in [0.4, 0.5) is 10.2 Å². The van der Waals surface area contributed by atoms with Crippen molar-refractivity contribution in [3.63, 3.8) is 0 Å². The summed E-state index contributed by atoms with van der Waals surface area (Å²) in [4.78, 5) is 13.4. The van der Waals surface area contributed by atoms with Gasteiger partial charge in [0.1, 0.15) is 11.6 Å². The molecule has 2 aromatic heterocycles. The molecule has 3 aromatic rings. The lowest BCUT2D eigenvalue weighted by Gasteiger charge is -2.24. The molecular weight excluding hydrogens is 369 g/mol. The van der Waals surface area contributed by atoms with E-state index >= 15 is 0 Å². The lowest BCUT2D eigenvalue weighted by atomic mass is 9.87. The van der Waals surface area contributed by atoms with Gasteiger partial charge in [-0.2, -0.15) is 5.10 Å². The fourth-order valence-electron chi connectivity index (χ4n) is 3.35. The highest BCUT2D eigenvalue weighted by Crippen LogP contribution is 2.41. The summed E-state index contributed by atoms with van der Waals surface area (Å²) in [7, 11) is 2.95. The van der Waals surface area contributed by atoms with Crippen molar-refractivity contribution in [2.75, 3.05) is 19.5 Å². The van der Waals surface area contributed by atoms with Crippen LogP contribution in [0.5, 0.6) is 11.5 Å². The molecule has 0 bridgehead atoms. The molecule has 0 spiro atoms. The largest absolute Gasteiger partial charge is 0.493 e. The van der Waals surface area contributed by atoms with Crippen LogP contribution in [0.3, 0.4) is 0 Å². The van der Waals surface area contributed by atoms with Crippen LogP contribution in [0, 0.1) is 5.82 Å². The van der Waals surface area contributed by atoms with Crippen LogP contribution in [0.15, 0.2) is 35.8 Å². The fraction of sp³-hybridized carbons (Fsp3) is 0.263. The number of rotatable bonds is 5. The van der Waals surface area contributed by atoms with E-state index in [0.717, 1.165) is 10.4 Å². The molecule has 27 heavy (non-hydrogen) atoms. The number of carbonyl (C=O) groups is 1. The predicted molar refractivity (Wildman–Crippen MR) is 100 cm³/mol. The highest BCUT2D eigenvalue weighted by atomic mass is 32.1. The number of thiophene rings is 1. The average Bonchev–Trinajstić information content (AvgIpc) is 3.31. The van der Waals surface area contributed by atoms with Gasteiger partial charge in [-0.3, -0.25) is 4.79 Å². The summed E-state index contributed by atoms with van der Waals surface area (Å²) in [6.45, 7) is 0.550. The van der Waals surface area contributed by atoms with Crippen LogP contribution >= 0.6 is 11.3 Å². The molecule has 6 nitrogen and oxygen atoms in total. The number of nitrogens with one attached hydrogen (secondary N) is 1. The molecule has 0 saturated heterocycles. The highest BCUT2D eigenvalue weighted by molar-refractivity contribution is 7.09. The first-order valence-electron chi connectivity index (χ1n) is 8.40. The minimum atomic E-state index is -0.440. The van der Waals surface area contributed by atoms with Crippen molar-refractivity contribution in [3.05, 3.63) is 57.7 Å². The maximum absolute atomic E-state index is 14.8. The minimum absolute atomic E-state index is 0.143. The number of amides is 1. The van der Waals surface area contributed by atoms with E-state index in [1.807, 2.05) is 17.5 Å². The predicted octanol–water partition coefficient (Wildman–Crippen LogP) is 3.62.